The summed E-state index contributed by atoms with van der Waals surface area (Å²) in [6, 6.07) is 25.9. The van der Waals surface area contributed by atoms with Gasteiger partial charge in [-0.2, -0.15) is 0 Å². The van der Waals surface area contributed by atoms with E-state index in [4.69, 9.17) is 14.2 Å². The molecular formula is C33H45O3S+. The summed E-state index contributed by atoms with van der Waals surface area (Å²) in [6.45, 7) is 8.97. The predicted octanol–water partition coefficient (Wildman–Crippen LogP) is 9.49. The average molecular weight is 522 g/mol. The minimum Gasteiger partial charge on any atom is -0.494 e. The fraction of sp³-hybridized carbons (Fsp3) is 0.455. The molecule has 0 saturated carbocycles. The van der Waals surface area contributed by atoms with Gasteiger partial charge in [-0.15, -0.1) is 0 Å². The van der Waals surface area contributed by atoms with Crippen LogP contribution >= 0.6 is 0 Å². The van der Waals surface area contributed by atoms with E-state index in [1.807, 2.05) is 0 Å². The van der Waals surface area contributed by atoms with Crippen LogP contribution in [-0.2, 0) is 10.9 Å². The molecule has 0 spiro atoms. The molecule has 0 atom stereocenters. The van der Waals surface area contributed by atoms with Gasteiger partial charge in [-0.1, -0.05) is 59.3 Å². The standard InChI is InChI=1S/C33H45O3S/c1-4-7-10-25-34-28-13-19-31(20-14-28)37(32-21-15-29(16-22-32)35-26-11-8-5-2)33-23-17-30(18-24-33)36-27-12-9-6-3/h13-24H,4-12,25-27H2,1-3H3/q+1. The van der Waals surface area contributed by atoms with E-state index < -0.39 is 0 Å². The smallest absolute Gasteiger partial charge is 0.166 e. The van der Waals surface area contributed by atoms with E-state index in [2.05, 4.69) is 93.6 Å². The number of hydrogen-bond acceptors (Lipinski definition) is 3. The highest BCUT2D eigenvalue weighted by molar-refractivity contribution is 7.97. The molecular weight excluding hydrogens is 476 g/mol. The SMILES string of the molecule is CCCCCOc1ccc([S+](c2ccc(OCCCCC)cc2)c2ccc(OCCCCC)cc2)cc1. The molecule has 0 radical (unpaired) electrons. The Labute approximate surface area is 227 Å². The molecule has 4 heteroatoms. The van der Waals surface area contributed by atoms with E-state index in [9.17, 15) is 0 Å². The summed E-state index contributed by atoms with van der Waals surface area (Å²) in [4.78, 5) is 3.82. The summed E-state index contributed by atoms with van der Waals surface area (Å²) < 4.78 is 17.9. The first-order valence-electron chi connectivity index (χ1n) is 14.2. The van der Waals surface area contributed by atoms with Crippen molar-refractivity contribution in [1.82, 2.24) is 0 Å². The van der Waals surface area contributed by atoms with Crippen LogP contribution in [0.15, 0.2) is 87.5 Å². The summed E-state index contributed by atoms with van der Waals surface area (Å²) in [5.74, 6) is 2.82. The van der Waals surface area contributed by atoms with E-state index in [0.717, 1.165) is 56.3 Å². The highest BCUT2D eigenvalue weighted by Crippen LogP contribution is 2.34. The van der Waals surface area contributed by atoms with E-state index in [-0.39, 0.29) is 10.9 Å². The Morgan fingerprint density at radius 2 is 0.676 bits per heavy atom. The van der Waals surface area contributed by atoms with Crippen LogP contribution in [0, 0.1) is 0 Å². The van der Waals surface area contributed by atoms with Gasteiger partial charge in [0.2, 0.25) is 0 Å². The summed E-state index contributed by atoms with van der Waals surface area (Å²) in [7, 11) is -0.232. The maximum Gasteiger partial charge on any atom is 0.166 e. The van der Waals surface area contributed by atoms with Crippen molar-refractivity contribution in [2.75, 3.05) is 19.8 Å². The second-order valence-electron chi connectivity index (χ2n) is 9.39. The van der Waals surface area contributed by atoms with Crippen LogP contribution < -0.4 is 14.2 Å². The zero-order valence-electron chi connectivity index (χ0n) is 23.0. The Bertz CT molecular complexity index is 852. The predicted molar refractivity (Wildman–Crippen MR) is 157 cm³/mol. The largest absolute Gasteiger partial charge is 0.494 e. The van der Waals surface area contributed by atoms with Gasteiger partial charge in [-0.25, -0.2) is 0 Å². The zero-order chi connectivity index (χ0) is 26.1. The van der Waals surface area contributed by atoms with Crippen molar-refractivity contribution >= 4 is 10.9 Å². The lowest BCUT2D eigenvalue weighted by molar-refractivity contribution is 0.306. The molecule has 200 valence electrons. The first-order chi connectivity index (χ1) is 18.2. The fourth-order valence-corrected chi connectivity index (χ4v) is 6.09. The van der Waals surface area contributed by atoms with Gasteiger partial charge in [0.15, 0.2) is 14.7 Å². The summed E-state index contributed by atoms with van der Waals surface area (Å²) >= 11 is 0. The Balaban J connectivity index is 1.77. The van der Waals surface area contributed by atoms with E-state index in [1.165, 1.54) is 53.2 Å². The number of hydrogen-bond donors (Lipinski definition) is 0. The van der Waals surface area contributed by atoms with Crippen molar-refractivity contribution in [2.45, 2.75) is 93.2 Å². The van der Waals surface area contributed by atoms with Crippen molar-refractivity contribution in [3.05, 3.63) is 72.8 Å². The fourth-order valence-electron chi connectivity index (χ4n) is 4.05. The van der Waals surface area contributed by atoms with E-state index in [0.29, 0.717) is 0 Å². The zero-order valence-corrected chi connectivity index (χ0v) is 23.9. The maximum atomic E-state index is 5.97. The van der Waals surface area contributed by atoms with Crippen molar-refractivity contribution in [2.24, 2.45) is 0 Å². The lowest BCUT2D eigenvalue weighted by Gasteiger charge is -2.12. The molecule has 0 saturated heterocycles. The first kappa shape index (κ1) is 29.0. The molecule has 0 unspecified atom stereocenters. The molecule has 0 fully saturated rings. The van der Waals surface area contributed by atoms with Crippen molar-refractivity contribution in [3.63, 3.8) is 0 Å². The molecule has 0 aromatic heterocycles. The lowest BCUT2D eigenvalue weighted by atomic mass is 10.3. The molecule has 0 aliphatic carbocycles. The van der Waals surface area contributed by atoms with Crippen LogP contribution in [0.1, 0.15) is 78.6 Å². The minimum absolute atomic E-state index is 0.232. The van der Waals surface area contributed by atoms with Gasteiger partial charge < -0.3 is 14.2 Å². The highest BCUT2D eigenvalue weighted by Gasteiger charge is 2.29. The molecule has 3 aromatic carbocycles. The number of unbranched alkanes of at least 4 members (excludes halogenated alkanes) is 6. The Hall–Kier alpha value is -2.59. The van der Waals surface area contributed by atoms with Gasteiger partial charge in [0.1, 0.15) is 17.2 Å². The molecule has 0 aliphatic rings. The van der Waals surface area contributed by atoms with Crippen LogP contribution in [0.25, 0.3) is 0 Å². The first-order valence-corrected chi connectivity index (χ1v) is 15.4. The minimum atomic E-state index is -0.232. The quantitative estimate of drug-likeness (QED) is 0.123. The van der Waals surface area contributed by atoms with E-state index >= 15 is 0 Å². The molecule has 0 heterocycles. The van der Waals surface area contributed by atoms with Crippen LogP contribution in [0.4, 0.5) is 0 Å². The van der Waals surface area contributed by atoms with Crippen LogP contribution in [0.2, 0.25) is 0 Å². The third kappa shape index (κ3) is 10.0. The second kappa shape index (κ2) is 17.0. The summed E-state index contributed by atoms with van der Waals surface area (Å²) in [5, 5.41) is 0. The van der Waals surface area contributed by atoms with Crippen LogP contribution in [0.3, 0.4) is 0 Å². The molecule has 0 aliphatic heterocycles. The highest BCUT2D eigenvalue weighted by atomic mass is 32.2. The third-order valence-corrected chi connectivity index (χ3v) is 8.46. The van der Waals surface area contributed by atoms with Crippen LogP contribution in [0.5, 0.6) is 17.2 Å². The number of ether oxygens (including phenoxy) is 3. The summed E-state index contributed by atoms with van der Waals surface area (Å²) in [6.07, 6.45) is 10.5. The van der Waals surface area contributed by atoms with Crippen molar-refractivity contribution in [1.29, 1.82) is 0 Å². The van der Waals surface area contributed by atoms with Crippen molar-refractivity contribution < 1.29 is 14.2 Å². The van der Waals surface area contributed by atoms with Crippen molar-refractivity contribution in [3.8, 4) is 17.2 Å². The normalized spacial score (nSPS) is 11.0. The molecule has 3 rings (SSSR count). The van der Waals surface area contributed by atoms with Gasteiger partial charge >= 0.3 is 0 Å². The maximum absolute atomic E-state index is 5.97. The van der Waals surface area contributed by atoms with Gasteiger partial charge in [0.05, 0.1) is 30.7 Å². The molecule has 3 aromatic rings. The molecule has 0 amide bonds. The third-order valence-electron chi connectivity index (χ3n) is 6.23. The average Bonchev–Trinajstić information content (AvgIpc) is 2.94. The number of benzene rings is 3. The van der Waals surface area contributed by atoms with Crippen LogP contribution in [-0.4, -0.2) is 19.8 Å². The lowest BCUT2D eigenvalue weighted by Crippen LogP contribution is -2.06. The van der Waals surface area contributed by atoms with E-state index in [1.54, 1.807) is 0 Å². The Kier molecular flexibility index (Phi) is 13.3. The Morgan fingerprint density at radius 3 is 0.919 bits per heavy atom. The van der Waals surface area contributed by atoms with Gasteiger partial charge in [-0.05, 0) is 92.1 Å². The second-order valence-corrected chi connectivity index (χ2v) is 11.4. The molecule has 0 N–H and O–H groups in total. The Morgan fingerprint density at radius 1 is 0.405 bits per heavy atom. The monoisotopic (exact) mass is 521 g/mol. The molecule has 0 bridgehead atoms. The van der Waals surface area contributed by atoms with Gasteiger partial charge in [0.25, 0.3) is 0 Å². The van der Waals surface area contributed by atoms with Gasteiger partial charge in [-0.3, -0.25) is 0 Å². The summed E-state index contributed by atoms with van der Waals surface area (Å²) in [5.41, 5.74) is 0. The molecule has 3 nitrogen and oxygen atoms in total. The number of rotatable bonds is 18. The molecule has 37 heavy (non-hydrogen) atoms. The topological polar surface area (TPSA) is 27.7 Å². The van der Waals surface area contributed by atoms with Gasteiger partial charge in [0, 0.05) is 0 Å².